The van der Waals surface area contributed by atoms with Gasteiger partial charge in [-0.15, -0.1) is 0 Å². The minimum absolute atomic E-state index is 0.625. The van der Waals surface area contributed by atoms with E-state index in [-0.39, 0.29) is 0 Å². The minimum Gasteiger partial charge on any atom is -0.481 e. The molecule has 0 N–H and O–H groups in total. The molecule has 2 aromatic rings. The first-order valence-electron chi connectivity index (χ1n) is 4.37. The van der Waals surface area contributed by atoms with Crippen molar-refractivity contribution < 1.29 is 4.74 Å². The fourth-order valence-electron chi connectivity index (χ4n) is 1.26. The predicted molar refractivity (Wildman–Crippen MR) is 55.1 cm³/mol. The Labute approximate surface area is 83.2 Å². The van der Waals surface area contributed by atoms with Crippen molar-refractivity contribution in [1.82, 2.24) is 4.98 Å². The molecule has 0 saturated carbocycles. The molecule has 69 valence electrons. The first kappa shape index (κ1) is 8.75. The maximum atomic E-state index is 5.05. The molecule has 0 atom stereocenters. The van der Waals surface area contributed by atoms with E-state index < -0.39 is 0 Å². The van der Waals surface area contributed by atoms with E-state index in [2.05, 4.69) is 11.1 Å². The number of aromatic nitrogens is 1. The second kappa shape index (κ2) is 3.92. The molecule has 14 heavy (non-hydrogen) atoms. The number of hydrogen-bond donors (Lipinski definition) is 0. The highest BCUT2D eigenvalue weighted by Gasteiger charge is 1.98. The van der Waals surface area contributed by atoms with Gasteiger partial charge in [0.2, 0.25) is 5.88 Å². The van der Waals surface area contributed by atoms with Crippen LogP contribution in [0.4, 0.5) is 0 Å². The number of nitrogens with zero attached hydrogens (tertiary/aromatic N) is 1. The lowest BCUT2D eigenvalue weighted by Gasteiger charge is -2.02. The Kier molecular flexibility index (Phi) is 2.45. The van der Waals surface area contributed by atoms with Crippen LogP contribution in [0.15, 0.2) is 42.6 Å². The molecule has 0 unspecified atom stereocenters. The summed E-state index contributed by atoms with van der Waals surface area (Å²) in [6.45, 7) is 0. The van der Waals surface area contributed by atoms with Gasteiger partial charge in [-0.1, -0.05) is 24.3 Å². The lowest BCUT2D eigenvalue weighted by Crippen LogP contribution is -1.87. The van der Waals surface area contributed by atoms with Crippen LogP contribution in [0.2, 0.25) is 0 Å². The highest BCUT2D eigenvalue weighted by molar-refractivity contribution is 5.63. The average molecular weight is 184 g/mol. The summed E-state index contributed by atoms with van der Waals surface area (Å²) in [6, 6.07) is 14.8. The molecule has 0 amide bonds. The number of methoxy groups -OCH3 is 1. The largest absolute Gasteiger partial charge is 0.481 e. The maximum absolute atomic E-state index is 5.05. The Morgan fingerprint density at radius 1 is 1.29 bits per heavy atom. The van der Waals surface area contributed by atoms with Crippen LogP contribution in [0.3, 0.4) is 0 Å². The lowest BCUT2D eigenvalue weighted by atomic mass is 10.1. The zero-order valence-electron chi connectivity index (χ0n) is 7.90. The summed E-state index contributed by atoms with van der Waals surface area (Å²) < 4.78 is 5.05. The molecule has 0 bridgehead atoms. The average Bonchev–Trinajstić information content (AvgIpc) is 2.30. The molecule has 0 aliphatic heterocycles. The van der Waals surface area contributed by atoms with Gasteiger partial charge in [0, 0.05) is 12.3 Å². The third-order valence-corrected chi connectivity index (χ3v) is 1.96. The zero-order valence-corrected chi connectivity index (χ0v) is 7.90. The van der Waals surface area contributed by atoms with E-state index in [0.717, 1.165) is 11.1 Å². The predicted octanol–water partition coefficient (Wildman–Crippen LogP) is 2.56. The van der Waals surface area contributed by atoms with Crippen LogP contribution in [-0.2, 0) is 0 Å². The highest BCUT2D eigenvalue weighted by atomic mass is 16.5. The van der Waals surface area contributed by atoms with Crippen LogP contribution >= 0.6 is 0 Å². The van der Waals surface area contributed by atoms with E-state index in [1.807, 2.05) is 36.4 Å². The Morgan fingerprint density at radius 3 is 2.93 bits per heavy atom. The van der Waals surface area contributed by atoms with Gasteiger partial charge in [-0.3, -0.25) is 0 Å². The molecule has 2 nitrogen and oxygen atoms in total. The van der Waals surface area contributed by atoms with Crippen molar-refractivity contribution in [2.24, 2.45) is 0 Å². The van der Waals surface area contributed by atoms with Crippen LogP contribution in [0.25, 0.3) is 11.1 Å². The summed E-state index contributed by atoms with van der Waals surface area (Å²) in [5.74, 6) is 0.625. The molecule has 1 heterocycles. The van der Waals surface area contributed by atoms with Crippen molar-refractivity contribution in [3.8, 4) is 17.0 Å². The molecule has 1 aromatic carbocycles. The summed E-state index contributed by atoms with van der Waals surface area (Å²) in [6.07, 6.45) is 1.73. The first-order chi connectivity index (χ1) is 6.90. The van der Waals surface area contributed by atoms with Gasteiger partial charge in [-0.2, -0.15) is 0 Å². The Morgan fingerprint density at radius 2 is 2.21 bits per heavy atom. The quantitative estimate of drug-likeness (QED) is 0.715. The van der Waals surface area contributed by atoms with Crippen LogP contribution in [0, 0.1) is 6.07 Å². The van der Waals surface area contributed by atoms with E-state index in [9.17, 15) is 0 Å². The summed E-state index contributed by atoms with van der Waals surface area (Å²) >= 11 is 0. The SMILES string of the molecule is COc1cc(-c2[c]cccc2)ccn1. The molecule has 2 rings (SSSR count). The Bertz CT molecular complexity index is 412. The van der Waals surface area contributed by atoms with Gasteiger partial charge in [0.05, 0.1) is 7.11 Å². The van der Waals surface area contributed by atoms with E-state index in [1.165, 1.54) is 0 Å². The van der Waals surface area contributed by atoms with E-state index in [1.54, 1.807) is 13.3 Å². The second-order valence-electron chi connectivity index (χ2n) is 2.86. The van der Waals surface area contributed by atoms with E-state index >= 15 is 0 Å². The molecule has 0 fully saturated rings. The molecule has 0 saturated heterocycles. The molecule has 1 aromatic heterocycles. The number of benzene rings is 1. The van der Waals surface area contributed by atoms with Crippen molar-refractivity contribution in [3.05, 3.63) is 48.7 Å². The standard InChI is InChI=1S/C12H10NO/c1-14-12-9-11(7-8-13-12)10-5-3-2-4-6-10/h2-5,7-9H,1H3. The van der Waals surface area contributed by atoms with Crippen molar-refractivity contribution in [2.45, 2.75) is 0 Å². The summed E-state index contributed by atoms with van der Waals surface area (Å²) in [5.41, 5.74) is 2.12. The molecular formula is C12H10NO. The summed E-state index contributed by atoms with van der Waals surface area (Å²) in [4.78, 5) is 4.05. The second-order valence-corrected chi connectivity index (χ2v) is 2.86. The normalized spacial score (nSPS) is 9.79. The number of rotatable bonds is 2. The van der Waals surface area contributed by atoms with Crippen molar-refractivity contribution in [1.29, 1.82) is 0 Å². The van der Waals surface area contributed by atoms with Crippen LogP contribution in [0.5, 0.6) is 5.88 Å². The Balaban J connectivity index is 2.42. The topological polar surface area (TPSA) is 22.1 Å². The smallest absolute Gasteiger partial charge is 0.213 e. The van der Waals surface area contributed by atoms with Gasteiger partial charge < -0.3 is 4.74 Å². The molecule has 0 spiro atoms. The summed E-state index contributed by atoms with van der Waals surface area (Å²) in [7, 11) is 1.61. The monoisotopic (exact) mass is 184 g/mol. The van der Waals surface area contributed by atoms with Gasteiger partial charge >= 0.3 is 0 Å². The van der Waals surface area contributed by atoms with Crippen LogP contribution in [-0.4, -0.2) is 12.1 Å². The molecule has 1 radical (unpaired) electrons. The van der Waals surface area contributed by atoms with Crippen molar-refractivity contribution in [3.63, 3.8) is 0 Å². The van der Waals surface area contributed by atoms with Gasteiger partial charge in [0.1, 0.15) is 0 Å². The summed E-state index contributed by atoms with van der Waals surface area (Å²) in [5, 5.41) is 0. The van der Waals surface area contributed by atoms with E-state index in [0.29, 0.717) is 5.88 Å². The molecule has 2 heteroatoms. The molecule has 0 aliphatic carbocycles. The third-order valence-electron chi connectivity index (χ3n) is 1.96. The fraction of sp³-hybridized carbons (Fsp3) is 0.0833. The van der Waals surface area contributed by atoms with Gasteiger partial charge in [-0.25, -0.2) is 4.98 Å². The molecule has 0 aliphatic rings. The molecular weight excluding hydrogens is 174 g/mol. The van der Waals surface area contributed by atoms with Crippen molar-refractivity contribution >= 4 is 0 Å². The van der Waals surface area contributed by atoms with Crippen LogP contribution in [0.1, 0.15) is 0 Å². The third kappa shape index (κ3) is 1.74. The van der Waals surface area contributed by atoms with Gasteiger partial charge in [0.25, 0.3) is 0 Å². The zero-order chi connectivity index (χ0) is 9.80. The van der Waals surface area contributed by atoms with Gasteiger partial charge in [0.15, 0.2) is 0 Å². The van der Waals surface area contributed by atoms with Crippen LogP contribution < -0.4 is 4.74 Å². The number of ether oxygens (including phenoxy) is 1. The minimum atomic E-state index is 0.625. The Hall–Kier alpha value is -1.83. The number of hydrogen-bond acceptors (Lipinski definition) is 2. The maximum Gasteiger partial charge on any atom is 0.213 e. The van der Waals surface area contributed by atoms with E-state index in [4.69, 9.17) is 4.74 Å². The highest BCUT2D eigenvalue weighted by Crippen LogP contribution is 2.20. The fourth-order valence-corrected chi connectivity index (χ4v) is 1.26. The number of pyridine rings is 1. The lowest BCUT2D eigenvalue weighted by molar-refractivity contribution is 0.398. The first-order valence-corrected chi connectivity index (χ1v) is 4.37. The van der Waals surface area contributed by atoms with Crippen molar-refractivity contribution in [2.75, 3.05) is 7.11 Å². The van der Waals surface area contributed by atoms with Gasteiger partial charge in [-0.05, 0) is 23.3 Å².